The minimum atomic E-state index is -5.02. The van der Waals surface area contributed by atoms with Gasteiger partial charge in [-0.25, -0.2) is 0 Å². The molecule has 2 N–H and O–H groups in total. The summed E-state index contributed by atoms with van der Waals surface area (Å²) in [6.45, 7) is 0. The van der Waals surface area contributed by atoms with Crippen molar-refractivity contribution in [1.29, 1.82) is 0 Å². The fraction of sp³-hybridized carbons (Fsp3) is 0.0667. The SMILES string of the molecule is O=C(Nc1ccccc1NC(=O)C(F)(F)F)c1cccc(Cl)c1. The van der Waals surface area contributed by atoms with E-state index in [9.17, 15) is 22.8 Å². The Labute approximate surface area is 134 Å². The number of benzene rings is 2. The highest BCUT2D eigenvalue weighted by Crippen LogP contribution is 2.25. The molecule has 0 aromatic heterocycles. The number of amides is 2. The summed E-state index contributed by atoms with van der Waals surface area (Å²) < 4.78 is 37.0. The summed E-state index contributed by atoms with van der Waals surface area (Å²) in [6.07, 6.45) is -5.02. The summed E-state index contributed by atoms with van der Waals surface area (Å²) in [5.41, 5.74) is 0.106. The monoisotopic (exact) mass is 342 g/mol. The van der Waals surface area contributed by atoms with E-state index in [0.29, 0.717) is 5.02 Å². The molecule has 0 atom stereocenters. The molecule has 2 rings (SSSR count). The molecule has 2 aromatic rings. The first-order chi connectivity index (χ1) is 10.8. The van der Waals surface area contributed by atoms with Gasteiger partial charge in [-0.2, -0.15) is 13.2 Å². The fourth-order valence-corrected chi connectivity index (χ4v) is 1.91. The van der Waals surface area contributed by atoms with Gasteiger partial charge in [0.2, 0.25) is 0 Å². The molecule has 0 aliphatic carbocycles. The lowest BCUT2D eigenvalue weighted by Crippen LogP contribution is -2.30. The van der Waals surface area contributed by atoms with E-state index in [1.54, 1.807) is 17.4 Å². The molecule has 0 unspecified atom stereocenters. The van der Waals surface area contributed by atoms with Crippen molar-refractivity contribution < 1.29 is 22.8 Å². The molecule has 8 heteroatoms. The van der Waals surface area contributed by atoms with E-state index in [1.807, 2.05) is 0 Å². The third-order valence-electron chi connectivity index (χ3n) is 2.77. The van der Waals surface area contributed by atoms with Crippen LogP contribution in [0.25, 0.3) is 0 Å². The Hall–Kier alpha value is -2.54. The number of para-hydroxylation sites is 2. The average Bonchev–Trinajstić information content (AvgIpc) is 2.48. The summed E-state index contributed by atoms with van der Waals surface area (Å²) in [6, 6.07) is 11.6. The summed E-state index contributed by atoms with van der Waals surface area (Å²) in [4.78, 5) is 23.1. The standard InChI is InChI=1S/C15H10ClF3N2O2/c16-10-5-3-4-9(8-10)13(22)20-11-6-1-2-7-12(11)21-14(23)15(17,18)19/h1-8H,(H,20,22)(H,21,23). The van der Waals surface area contributed by atoms with Crippen molar-refractivity contribution >= 4 is 34.8 Å². The number of carbonyl (C=O) groups is 2. The Kier molecular flexibility index (Phi) is 4.90. The maximum Gasteiger partial charge on any atom is 0.471 e. The Bertz CT molecular complexity index is 747. The van der Waals surface area contributed by atoms with Crippen molar-refractivity contribution in [2.75, 3.05) is 10.6 Å². The lowest BCUT2D eigenvalue weighted by molar-refractivity contribution is -0.167. The molecule has 0 saturated carbocycles. The average molecular weight is 343 g/mol. The lowest BCUT2D eigenvalue weighted by Gasteiger charge is -2.13. The molecule has 0 aliphatic rings. The van der Waals surface area contributed by atoms with Crippen LogP contribution in [0.4, 0.5) is 24.5 Å². The number of alkyl halides is 3. The molecule has 2 amide bonds. The molecule has 0 spiro atoms. The number of nitrogens with one attached hydrogen (secondary N) is 2. The van der Waals surface area contributed by atoms with E-state index in [2.05, 4.69) is 5.32 Å². The zero-order valence-electron chi connectivity index (χ0n) is 11.4. The van der Waals surface area contributed by atoms with Crippen LogP contribution >= 0.6 is 11.6 Å². The second kappa shape index (κ2) is 6.70. The molecule has 120 valence electrons. The first kappa shape index (κ1) is 16.8. The van der Waals surface area contributed by atoms with Gasteiger partial charge in [0.15, 0.2) is 0 Å². The molecule has 0 bridgehead atoms. The minimum Gasteiger partial charge on any atom is -0.320 e. The second-order valence-electron chi connectivity index (χ2n) is 4.46. The number of halogens is 4. The number of carbonyl (C=O) groups excluding carboxylic acids is 2. The Morgan fingerprint density at radius 3 is 2.09 bits per heavy atom. The van der Waals surface area contributed by atoms with E-state index in [-0.39, 0.29) is 16.9 Å². The fourth-order valence-electron chi connectivity index (χ4n) is 1.72. The van der Waals surface area contributed by atoms with E-state index in [4.69, 9.17) is 11.6 Å². The third kappa shape index (κ3) is 4.46. The number of rotatable bonds is 3. The highest BCUT2D eigenvalue weighted by atomic mass is 35.5. The molecular formula is C15H10ClF3N2O2. The van der Waals surface area contributed by atoms with E-state index >= 15 is 0 Å². The van der Waals surface area contributed by atoms with Crippen LogP contribution in [0.15, 0.2) is 48.5 Å². The highest BCUT2D eigenvalue weighted by molar-refractivity contribution is 6.31. The molecule has 4 nitrogen and oxygen atoms in total. The molecule has 23 heavy (non-hydrogen) atoms. The van der Waals surface area contributed by atoms with Crippen molar-refractivity contribution in [1.82, 2.24) is 0 Å². The first-order valence-electron chi connectivity index (χ1n) is 6.31. The molecule has 0 heterocycles. The zero-order valence-corrected chi connectivity index (χ0v) is 12.2. The van der Waals surface area contributed by atoms with Crippen LogP contribution in [0, 0.1) is 0 Å². The van der Waals surface area contributed by atoms with Crippen molar-refractivity contribution in [3.63, 3.8) is 0 Å². The largest absolute Gasteiger partial charge is 0.471 e. The minimum absolute atomic E-state index is 0.0371. The molecule has 0 saturated heterocycles. The third-order valence-corrected chi connectivity index (χ3v) is 3.00. The van der Waals surface area contributed by atoms with Crippen molar-refractivity contribution in [2.24, 2.45) is 0 Å². The van der Waals surface area contributed by atoms with Gasteiger partial charge in [-0.3, -0.25) is 9.59 Å². The Morgan fingerprint density at radius 1 is 0.913 bits per heavy atom. The van der Waals surface area contributed by atoms with Crippen molar-refractivity contribution in [2.45, 2.75) is 6.18 Å². The van der Waals surface area contributed by atoms with Gasteiger partial charge in [0.25, 0.3) is 5.91 Å². The van der Waals surface area contributed by atoms with Crippen LogP contribution in [-0.2, 0) is 4.79 Å². The van der Waals surface area contributed by atoms with E-state index < -0.39 is 18.0 Å². The van der Waals surface area contributed by atoms with Crippen LogP contribution in [-0.4, -0.2) is 18.0 Å². The predicted molar refractivity (Wildman–Crippen MR) is 80.5 cm³/mol. The molecule has 0 aliphatic heterocycles. The second-order valence-corrected chi connectivity index (χ2v) is 4.90. The number of anilines is 2. The topological polar surface area (TPSA) is 58.2 Å². The van der Waals surface area contributed by atoms with Crippen LogP contribution in [0.1, 0.15) is 10.4 Å². The lowest BCUT2D eigenvalue weighted by atomic mass is 10.2. The quantitative estimate of drug-likeness (QED) is 0.882. The highest BCUT2D eigenvalue weighted by Gasteiger charge is 2.39. The Balaban J connectivity index is 2.21. The van der Waals surface area contributed by atoms with Crippen LogP contribution in [0.5, 0.6) is 0 Å². The van der Waals surface area contributed by atoms with Crippen LogP contribution in [0.2, 0.25) is 5.02 Å². The normalized spacial score (nSPS) is 11.0. The van der Waals surface area contributed by atoms with Crippen molar-refractivity contribution in [3.05, 3.63) is 59.1 Å². The zero-order chi connectivity index (χ0) is 17.0. The van der Waals surface area contributed by atoms with Crippen LogP contribution in [0.3, 0.4) is 0 Å². The van der Waals surface area contributed by atoms with Crippen LogP contribution < -0.4 is 10.6 Å². The molecule has 2 aromatic carbocycles. The molecular weight excluding hydrogens is 333 g/mol. The molecule has 0 fully saturated rings. The maximum atomic E-state index is 12.3. The predicted octanol–water partition coefficient (Wildman–Crippen LogP) is 4.09. The van der Waals surface area contributed by atoms with Gasteiger partial charge < -0.3 is 10.6 Å². The summed E-state index contributed by atoms with van der Waals surface area (Å²) in [5.74, 6) is -2.69. The van der Waals surface area contributed by atoms with Gasteiger partial charge in [0.05, 0.1) is 11.4 Å². The molecule has 0 radical (unpaired) electrons. The van der Waals surface area contributed by atoms with Gasteiger partial charge in [0, 0.05) is 10.6 Å². The van der Waals surface area contributed by atoms with Gasteiger partial charge in [-0.15, -0.1) is 0 Å². The Morgan fingerprint density at radius 2 is 1.52 bits per heavy atom. The van der Waals surface area contributed by atoms with E-state index in [1.165, 1.54) is 36.4 Å². The first-order valence-corrected chi connectivity index (χ1v) is 6.69. The maximum absolute atomic E-state index is 12.3. The van der Waals surface area contributed by atoms with Gasteiger partial charge in [0.1, 0.15) is 0 Å². The van der Waals surface area contributed by atoms with Gasteiger partial charge >= 0.3 is 12.1 Å². The number of hydrogen-bond acceptors (Lipinski definition) is 2. The van der Waals surface area contributed by atoms with Crippen molar-refractivity contribution in [3.8, 4) is 0 Å². The summed E-state index contributed by atoms with van der Waals surface area (Å²) in [5, 5.41) is 4.49. The summed E-state index contributed by atoms with van der Waals surface area (Å²) in [7, 11) is 0. The van der Waals surface area contributed by atoms with E-state index in [0.717, 1.165) is 0 Å². The van der Waals surface area contributed by atoms with Gasteiger partial charge in [-0.05, 0) is 30.3 Å². The number of hydrogen-bond donors (Lipinski definition) is 2. The summed E-state index contributed by atoms with van der Waals surface area (Å²) >= 11 is 5.78. The smallest absolute Gasteiger partial charge is 0.320 e. The van der Waals surface area contributed by atoms with Gasteiger partial charge in [-0.1, -0.05) is 29.8 Å².